The van der Waals surface area contributed by atoms with Gasteiger partial charge in [-0.15, -0.1) is 5.10 Å². The van der Waals surface area contributed by atoms with E-state index in [9.17, 15) is 9.59 Å². The lowest BCUT2D eigenvalue weighted by atomic mass is 10.2. The molecule has 2 aromatic heterocycles. The Morgan fingerprint density at radius 1 is 1.03 bits per heavy atom. The Kier molecular flexibility index (Phi) is 7.71. The summed E-state index contributed by atoms with van der Waals surface area (Å²) >= 11 is 8.56. The van der Waals surface area contributed by atoms with E-state index in [-0.39, 0.29) is 24.9 Å². The van der Waals surface area contributed by atoms with Crippen LogP contribution >= 0.6 is 35.3 Å². The van der Waals surface area contributed by atoms with Crippen molar-refractivity contribution >= 4 is 47.1 Å². The van der Waals surface area contributed by atoms with Crippen LogP contribution in [0.3, 0.4) is 0 Å². The van der Waals surface area contributed by atoms with E-state index < -0.39 is 0 Å². The van der Waals surface area contributed by atoms with Crippen LogP contribution in [0, 0.1) is 3.95 Å². The summed E-state index contributed by atoms with van der Waals surface area (Å²) in [6, 6.07) is 20.6. The molecule has 168 valence electrons. The number of aromatic nitrogens is 2. The van der Waals surface area contributed by atoms with Crippen LogP contribution in [0.25, 0.3) is 5.69 Å². The molecule has 0 saturated carbocycles. The van der Waals surface area contributed by atoms with E-state index >= 15 is 0 Å². The van der Waals surface area contributed by atoms with Gasteiger partial charge in [-0.1, -0.05) is 53.4 Å². The maximum atomic E-state index is 12.4. The van der Waals surface area contributed by atoms with Crippen LogP contribution in [-0.4, -0.2) is 28.1 Å². The van der Waals surface area contributed by atoms with E-state index in [1.165, 1.54) is 23.2 Å². The van der Waals surface area contributed by atoms with Crippen molar-refractivity contribution in [1.29, 1.82) is 0 Å². The first-order chi connectivity index (χ1) is 16.1. The topological polar surface area (TPSA) is 89.2 Å². The first-order valence-electron chi connectivity index (χ1n) is 10.0. The molecule has 0 aliphatic carbocycles. The molecule has 7 nitrogen and oxygen atoms in total. The lowest BCUT2D eigenvalue weighted by Crippen LogP contribution is -2.36. The van der Waals surface area contributed by atoms with Gasteiger partial charge >= 0.3 is 0 Å². The Labute approximate surface area is 203 Å². The van der Waals surface area contributed by atoms with E-state index in [0.717, 1.165) is 15.8 Å². The molecule has 0 fully saturated rings. The van der Waals surface area contributed by atoms with Crippen LogP contribution in [0.1, 0.15) is 21.7 Å². The minimum Gasteiger partial charge on any atom is -0.467 e. The number of carbonyl (C=O) groups is 2. The van der Waals surface area contributed by atoms with E-state index in [0.29, 0.717) is 15.3 Å². The molecule has 4 aromatic rings. The van der Waals surface area contributed by atoms with Gasteiger partial charge in [-0.3, -0.25) is 9.59 Å². The Morgan fingerprint density at radius 3 is 2.55 bits per heavy atom. The van der Waals surface area contributed by atoms with Gasteiger partial charge in [0.15, 0.2) is 8.29 Å². The Balaban J connectivity index is 1.31. The van der Waals surface area contributed by atoms with E-state index in [4.69, 9.17) is 16.6 Å². The molecule has 10 heteroatoms. The number of nitrogens with one attached hydrogen (secondary N) is 2. The monoisotopic (exact) mass is 496 g/mol. The smallest absolute Gasteiger partial charge is 0.251 e. The Hall–Kier alpha value is -3.21. The molecule has 0 saturated heterocycles. The zero-order valence-corrected chi connectivity index (χ0v) is 19.8. The second-order valence-corrected chi connectivity index (χ2v) is 9.75. The highest BCUT2D eigenvalue weighted by Crippen LogP contribution is 2.27. The molecular formula is C23H20N4O3S3. The SMILES string of the molecule is O=C(CNC(=O)c1ccc(-n2nc(SCc3ccccc3)sc2=S)cc1)NCc1ccco1. The highest BCUT2D eigenvalue weighted by molar-refractivity contribution is 8.00. The number of hydrogen-bond acceptors (Lipinski definition) is 7. The fourth-order valence-electron chi connectivity index (χ4n) is 2.88. The van der Waals surface area contributed by atoms with Crippen LogP contribution in [-0.2, 0) is 17.1 Å². The molecule has 0 atom stereocenters. The highest BCUT2D eigenvalue weighted by atomic mass is 32.2. The predicted molar refractivity (Wildman–Crippen MR) is 131 cm³/mol. The molecular weight excluding hydrogens is 476 g/mol. The molecule has 0 radical (unpaired) electrons. The third-order valence-corrected chi connectivity index (χ3v) is 6.99. The Morgan fingerprint density at radius 2 is 1.82 bits per heavy atom. The van der Waals surface area contributed by atoms with Gasteiger partial charge in [0, 0.05) is 11.3 Å². The minimum atomic E-state index is -0.337. The average molecular weight is 497 g/mol. The van der Waals surface area contributed by atoms with Crippen molar-refractivity contribution in [1.82, 2.24) is 20.4 Å². The molecule has 4 rings (SSSR count). The molecule has 0 aliphatic heterocycles. The number of thioether (sulfide) groups is 1. The number of nitrogens with zero attached hydrogens (tertiary/aromatic N) is 2. The zero-order chi connectivity index (χ0) is 23.0. The lowest BCUT2D eigenvalue weighted by Gasteiger charge is -2.07. The van der Waals surface area contributed by atoms with Crippen LogP contribution < -0.4 is 10.6 Å². The maximum absolute atomic E-state index is 12.4. The normalized spacial score (nSPS) is 10.7. The van der Waals surface area contributed by atoms with Crippen molar-refractivity contribution in [3.05, 3.63) is 93.8 Å². The first kappa shape index (κ1) is 23.0. The number of furan rings is 1. The molecule has 33 heavy (non-hydrogen) atoms. The molecule has 2 heterocycles. The summed E-state index contributed by atoms with van der Waals surface area (Å²) in [6.07, 6.45) is 1.54. The fraction of sp³-hybridized carbons (Fsp3) is 0.130. The third-order valence-electron chi connectivity index (χ3n) is 4.56. The van der Waals surface area contributed by atoms with Crippen molar-refractivity contribution in [2.24, 2.45) is 0 Å². The van der Waals surface area contributed by atoms with E-state index in [1.54, 1.807) is 52.8 Å². The highest BCUT2D eigenvalue weighted by Gasteiger charge is 2.11. The number of benzene rings is 2. The van der Waals surface area contributed by atoms with Gasteiger partial charge in [0.05, 0.1) is 25.0 Å². The average Bonchev–Trinajstić information content (AvgIpc) is 3.50. The summed E-state index contributed by atoms with van der Waals surface area (Å²) in [5.41, 5.74) is 2.44. The van der Waals surface area contributed by atoms with Crippen LogP contribution in [0.15, 0.2) is 81.8 Å². The van der Waals surface area contributed by atoms with Crippen molar-refractivity contribution in [2.75, 3.05) is 6.54 Å². The summed E-state index contributed by atoms with van der Waals surface area (Å²) in [7, 11) is 0. The van der Waals surface area contributed by atoms with Crippen LogP contribution in [0.2, 0.25) is 0 Å². The van der Waals surface area contributed by atoms with Gasteiger partial charge in [-0.25, -0.2) is 4.68 Å². The van der Waals surface area contributed by atoms with Crippen molar-refractivity contribution < 1.29 is 14.0 Å². The fourth-order valence-corrected chi connectivity index (χ4v) is 5.20. The molecule has 0 spiro atoms. The first-order valence-corrected chi connectivity index (χ1v) is 12.2. The van der Waals surface area contributed by atoms with Gasteiger partial charge in [0.25, 0.3) is 5.91 Å². The third kappa shape index (κ3) is 6.41. The molecule has 2 aromatic carbocycles. The lowest BCUT2D eigenvalue weighted by molar-refractivity contribution is -0.120. The van der Waals surface area contributed by atoms with Gasteiger partial charge < -0.3 is 15.1 Å². The van der Waals surface area contributed by atoms with Crippen LogP contribution in [0.5, 0.6) is 0 Å². The largest absolute Gasteiger partial charge is 0.467 e. The standard InChI is InChI=1S/C23H20N4O3S3/c28-20(24-13-19-7-4-12-30-19)14-25-21(29)17-8-10-18(11-9-17)27-23(31)33-22(26-27)32-15-16-5-2-1-3-6-16/h1-12H,13-15H2,(H,24,28)(H,25,29). The van der Waals surface area contributed by atoms with Crippen molar-refractivity contribution in [3.63, 3.8) is 0 Å². The molecule has 2 N–H and O–H groups in total. The summed E-state index contributed by atoms with van der Waals surface area (Å²) in [5, 5.41) is 9.89. The second-order valence-electron chi connectivity index (χ2n) is 6.91. The zero-order valence-electron chi connectivity index (χ0n) is 17.4. The molecule has 2 amide bonds. The van der Waals surface area contributed by atoms with E-state index in [2.05, 4.69) is 27.9 Å². The Bertz CT molecular complexity index is 1270. The van der Waals surface area contributed by atoms with Crippen molar-refractivity contribution in [3.8, 4) is 5.69 Å². The van der Waals surface area contributed by atoms with Crippen LogP contribution in [0.4, 0.5) is 0 Å². The van der Waals surface area contributed by atoms with Gasteiger partial charge in [0.2, 0.25) is 5.91 Å². The summed E-state index contributed by atoms with van der Waals surface area (Å²) in [5.74, 6) is 0.825. The van der Waals surface area contributed by atoms with Gasteiger partial charge in [0.1, 0.15) is 5.76 Å². The molecule has 0 aliphatic rings. The quantitative estimate of drug-likeness (QED) is 0.260. The van der Waals surface area contributed by atoms with Crippen molar-refractivity contribution in [2.45, 2.75) is 16.6 Å². The number of amides is 2. The second kappa shape index (κ2) is 11.1. The van der Waals surface area contributed by atoms with E-state index in [1.807, 2.05) is 18.2 Å². The number of hydrogen-bond donors (Lipinski definition) is 2. The summed E-state index contributed by atoms with van der Waals surface area (Å²) in [4.78, 5) is 24.3. The predicted octanol–water partition coefficient (Wildman–Crippen LogP) is 4.59. The van der Waals surface area contributed by atoms with Gasteiger partial charge in [-0.2, -0.15) is 0 Å². The number of carbonyl (C=O) groups excluding carboxylic acids is 2. The number of rotatable bonds is 9. The molecule has 0 bridgehead atoms. The summed E-state index contributed by atoms with van der Waals surface area (Å²) < 4.78 is 8.36. The maximum Gasteiger partial charge on any atom is 0.251 e. The summed E-state index contributed by atoms with van der Waals surface area (Å²) in [6.45, 7) is 0.150. The molecule has 0 unspecified atom stereocenters. The van der Waals surface area contributed by atoms with Gasteiger partial charge in [-0.05, 0) is 54.2 Å². The minimum absolute atomic E-state index is 0.125.